The lowest BCUT2D eigenvalue weighted by molar-refractivity contribution is -0.763. The Hall–Kier alpha value is -3.59. The standard InChI is InChI=1S/C22H18N4O4S/c1-3-10-31-22-23-20(28)19-15-6-4-5-7-16(15)25(13(2)27)21(26(19)24-22)14-8-9-17-18(11-14)30-12-29-17/h3-9,11,21H,1,10,12H2,2H3/p+1. The van der Waals surface area contributed by atoms with Gasteiger partial charge >= 0.3 is 11.3 Å². The van der Waals surface area contributed by atoms with Crippen LogP contribution in [0.15, 0.2) is 65.1 Å². The fourth-order valence-electron chi connectivity index (χ4n) is 3.89. The number of H-pyrrole nitrogens is 1. The molecule has 2 aliphatic heterocycles. The monoisotopic (exact) mass is 435 g/mol. The Morgan fingerprint density at radius 3 is 2.94 bits per heavy atom. The van der Waals surface area contributed by atoms with Crippen molar-refractivity contribution in [3.05, 3.63) is 71.0 Å². The first-order valence-electron chi connectivity index (χ1n) is 9.67. The molecule has 0 saturated heterocycles. The third-order valence-corrected chi connectivity index (χ3v) is 5.99. The molecule has 0 radical (unpaired) electrons. The van der Waals surface area contributed by atoms with E-state index in [9.17, 15) is 9.59 Å². The number of fused-ring (bicyclic) bond motifs is 4. The highest BCUT2D eigenvalue weighted by Gasteiger charge is 2.45. The van der Waals surface area contributed by atoms with E-state index in [4.69, 9.17) is 14.6 Å². The van der Waals surface area contributed by atoms with Gasteiger partial charge in [-0.3, -0.25) is 14.6 Å². The highest BCUT2D eigenvalue weighted by atomic mass is 32.2. The number of thioether (sulfide) groups is 1. The number of ether oxygens (including phenoxy) is 2. The molecule has 3 heterocycles. The minimum atomic E-state index is -0.665. The molecule has 0 fully saturated rings. The van der Waals surface area contributed by atoms with Crippen LogP contribution in [0.1, 0.15) is 18.7 Å². The second-order valence-corrected chi connectivity index (χ2v) is 8.05. The molecule has 0 saturated carbocycles. The molecule has 0 spiro atoms. The van der Waals surface area contributed by atoms with Crippen LogP contribution in [0.4, 0.5) is 5.69 Å². The number of amides is 1. The summed E-state index contributed by atoms with van der Waals surface area (Å²) in [5, 5.41) is 5.15. The SMILES string of the molecule is C=CCSc1n[n+]2c(c(=O)[nH]1)-c1ccccc1N(C(C)=O)C2c1ccc2c(c1)OCO2. The van der Waals surface area contributed by atoms with E-state index < -0.39 is 6.17 Å². The van der Waals surface area contributed by atoms with Gasteiger partial charge in [0, 0.05) is 23.3 Å². The Morgan fingerprint density at radius 2 is 2.13 bits per heavy atom. The summed E-state index contributed by atoms with van der Waals surface area (Å²) in [4.78, 5) is 30.5. The van der Waals surface area contributed by atoms with E-state index in [1.54, 1.807) is 21.7 Å². The van der Waals surface area contributed by atoms with Gasteiger partial charge in [0.15, 0.2) is 11.5 Å². The third kappa shape index (κ3) is 3.17. The van der Waals surface area contributed by atoms with Gasteiger partial charge in [0.2, 0.25) is 17.9 Å². The molecule has 2 aliphatic rings. The van der Waals surface area contributed by atoms with Crippen LogP contribution in [0.2, 0.25) is 0 Å². The highest BCUT2D eigenvalue weighted by Crippen LogP contribution is 2.40. The summed E-state index contributed by atoms with van der Waals surface area (Å²) < 4.78 is 12.6. The predicted octanol–water partition coefficient (Wildman–Crippen LogP) is 2.64. The maximum Gasteiger partial charge on any atom is 0.325 e. The Labute approximate surface area is 182 Å². The molecule has 9 heteroatoms. The van der Waals surface area contributed by atoms with Crippen molar-refractivity contribution in [3.8, 4) is 22.8 Å². The third-order valence-electron chi connectivity index (χ3n) is 5.13. The summed E-state index contributed by atoms with van der Waals surface area (Å²) in [6, 6.07) is 12.8. The van der Waals surface area contributed by atoms with Crippen molar-refractivity contribution in [2.24, 2.45) is 0 Å². The summed E-state index contributed by atoms with van der Waals surface area (Å²) in [6.45, 7) is 5.37. The van der Waals surface area contributed by atoms with Gasteiger partial charge < -0.3 is 9.47 Å². The molecule has 1 aromatic heterocycles. The van der Waals surface area contributed by atoms with E-state index in [0.717, 1.165) is 5.56 Å². The predicted molar refractivity (Wildman–Crippen MR) is 115 cm³/mol. The summed E-state index contributed by atoms with van der Waals surface area (Å²) in [5.41, 5.74) is 2.15. The Kier molecular flexibility index (Phi) is 4.74. The molecule has 1 amide bonds. The number of aromatic nitrogens is 3. The number of nitrogens with zero attached hydrogens (tertiary/aromatic N) is 3. The quantitative estimate of drug-likeness (QED) is 0.385. The molecule has 0 aliphatic carbocycles. The first-order valence-corrected chi connectivity index (χ1v) is 10.7. The second-order valence-electron chi connectivity index (χ2n) is 7.04. The second kappa shape index (κ2) is 7.59. The summed E-state index contributed by atoms with van der Waals surface area (Å²) in [5.74, 6) is 1.65. The van der Waals surface area contributed by atoms with Crippen molar-refractivity contribution in [3.63, 3.8) is 0 Å². The number of benzene rings is 2. The molecule has 2 aromatic carbocycles. The van der Waals surface area contributed by atoms with Gasteiger partial charge in [-0.2, -0.15) is 0 Å². The summed E-state index contributed by atoms with van der Waals surface area (Å²) >= 11 is 1.36. The van der Waals surface area contributed by atoms with Crippen molar-refractivity contribution < 1.29 is 19.0 Å². The van der Waals surface area contributed by atoms with E-state index in [0.29, 0.717) is 39.4 Å². The normalized spacial score (nSPS) is 15.9. The Bertz CT molecular complexity index is 1270. The lowest BCUT2D eigenvalue weighted by Gasteiger charge is -2.31. The van der Waals surface area contributed by atoms with Gasteiger partial charge in [-0.25, -0.2) is 4.90 Å². The average Bonchev–Trinajstić information content (AvgIpc) is 3.24. The van der Waals surface area contributed by atoms with Gasteiger partial charge in [0.05, 0.1) is 11.3 Å². The molecule has 156 valence electrons. The molecule has 1 N–H and O–H groups in total. The van der Waals surface area contributed by atoms with Gasteiger partial charge in [-0.1, -0.05) is 30.0 Å². The smallest absolute Gasteiger partial charge is 0.325 e. The zero-order valence-electron chi connectivity index (χ0n) is 16.7. The lowest BCUT2D eigenvalue weighted by Crippen LogP contribution is -2.60. The zero-order chi connectivity index (χ0) is 21.5. The zero-order valence-corrected chi connectivity index (χ0v) is 17.5. The Morgan fingerprint density at radius 1 is 1.32 bits per heavy atom. The molecular formula is C22H19N4O4S+. The van der Waals surface area contributed by atoms with Crippen molar-refractivity contribution >= 4 is 23.4 Å². The van der Waals surface area contributed by atoms with Crippen LogP contribution >= 0.6 is 11.8 Å². The highest BCUT2D eigenvalue weighted by molar-refractivity contribution is 7.99. The number of hydrogen-bond acceptors (Lipinski definition) is 6. The molecule has 3 aromatic rings. The number of carbonyl (C=O) groups excluding carboxylic acids is 1. The van der Waals surface area contributed by atoms with Crippen LogP contribution in [0, 0.1) is 0 Å². The van der Waals surface area contributed by atoms with Crippen LogP contribution in [0.5, 0.6) is 11.5 Å². The molecule has 1 unspecified atom stereocenters. The maximum absolute atomic E-state index is 13.1. The van der Waals surface area contributed by atoms with Gasteiger partial charge in [0.1, 0.15) is 0 Å². The maximum atomic E-state index is 13.1. The number of para-hydroxylation sites is 1. The number of aromatic amines is 1. The van der Waals surface area contributed by atoms with Gasteiger partial charge in [-0.05, 0) is 35.0 Å². The van der Waals surface area contributed by atoms with Crippen LogP contribution in [0.25, 0.3) is 11.3 Å². The molecular weight excluding hydrogens is 416 g/mol. The van der Waals surface area contributed by atoms with E-state index >= 15 is 0 Å². The fourth-order valence-corrected chi connectivity index (χ4v) is 4.48. The van der Waals surface area contributed by atoms with E-state index in [-0.39, 0.29) is 18.3 Å². The first kappa shape index (κ1) is 19.4. The Balaban J connectivity index is 1.78. The number of rotatable bonds is 4. The molecule has 0 bridgehead atoms. The van der Waals surface area contributed by atoms with Gasteiger partial charge in [0.25, 0.3) is 6.17 Å². The summed E-state index contributed by atoms with van der Waals surface area (Å²) in [6.07, 6.45) is 1.07. The number of anilines is 1. The molecule has 8 nitrogen and oxygen atoms in total. The summed E-state index contributed by atoms with van der Waals surface area (Å²) in [7, 11) is 0. The number of carbonyl (C=O) groups is 1. The van der Waals surface area contributed by atoms with E-state index in [2.05, 4.69) is 11.6 Å². The average molecular weight is 435 g/mol. The van der Waals surface area contributed by atoms with Crippen LogP contribution in [0.3, 0.4) is 0 Å². The largest absolute Gasteiger partial charge is 0.454 e. The van der Waals surface area contributed by atoms with E-state index in [1.807, 2.05) is 36.4 Å². The van der Waals surface area contributed by atoms with Crippen LogP contribution in [-0.2, 0) is 4.79 Å². The topological polar surface area (TPSA) is 88.4 Å². The number of nitrogens with one attached hydrogen (secondary N) is 1. The minimum absolute atomic E-state index is 0.146. The van der Waals surface area contributed by atoms with Gasteiger partial charge in [-0.15, -0.1) is 6.58 Å². The van der Waals surface area contributed by atoms with E-state index in [1.165, 1.54) is 18.7 Å². The van der Waals surface area contributed by atoms with Crippen molar-refractivity contribution in [1.82, 2.24) is 10.1 Å². The molecule has 31 heavy (non-hydrogen) atoms. The minimum Gasteiger partial charge on any atom is -0.454 e. The van der Waals surface area contributed by atoms with Crippen molar-refractivity contribution in [2.75, 3.05) is 17.4 Å². The van der Waals surface area contributed by atoms with Crippen LogP contribution < -0.4 is 24.6 Å². The first-order chi connectivity index (χ1) is 15.1. The fraction of sp³-hybridized carbons (Fsp3) is 0.182. The van der Waals surface area contributed by atoms with Crippen molar-refractivity contribution in [2.45, 2.75) is 18.2 Å². The van der Waals surface area contributed by atoms with Crippen LogP contribution in [-0.4, -0.2) is 28.5 Å². The molecule has 5 rings (SSSR count). The number of hydrogen-bond donors (Lipinski definition) is 1. The lowest BCUT2D eigenvalue weighted by atomic mass is 10.0. The molecule has 1 atom stereocenters. The van der Waals surface area contributed by atoms with Crippen molar-refractivity contribution in [1.29, 1.82) is 0 Å².